The maximum Gasteiger partial charge on any atom is 0.307 e. The fourth-order valence-electron chi connectivity index (χ4n) is 2.11. The van der Waals surface area contributed by atoms with Gasteiger partial charge in [0.15, 0.2) is 0 Å². The number of para-hydroxylation sites is 1. The molecule has 0 aliphatic heterocycles. The van der Waals surface area contributed by atoms with Crippen molar-refractivity contribution in [3.05, 3.63) is 34.4 Å². The molecule has 0 bridgehead atoms. The smallest absolute Gasteiger partial charge is 0.307 e. The number of nitrogens with zero attached hydrogens (tertiary/aromatic N) is 1. The number of hydrogen-bond acceptors (Lipinski definition) is 2. The maximum absolute atomic E-state index is 11.4. The fourth-order valence-corrected chi connectivity index (χ4v) is 2.66. The number of rotatable bonds is 4. The monoisotopic (exact) mass is 309 g/mol. The summed E-state index contributed by atoms with van der Waals surface area (Å²) < 4.78 is 8.21. The van der Waals surface area contributed by atoms with Crippen LogP contribution in [0.25, 0.3) is 10.9 Å². The predicted molar refractivity (Wildman–Crippen MR) is 75.6 cm³/mol. The first kappa shape index (κ1) is 13.1. The van der Waals surface area contributed by atoms with Crippen LogP contribution >= 0.6 is 15.9 Å². The van der Waals surface area contributed by atoms with Gasteiger partial charge in [-0.05, 0) is 35.8 Å². The second kappa shape index (κ2) is 5.57. The zero-order valence-electron chi connectivity index (χ0n) is 10.6. The van der Waals surface area contributed by atoms with Crippen LogP contribution in [0, 0.1) is 6.92 Å². The highest BCUT2D eigenvalue weighted by molar-refractivity contribution is 9.10. The lowest BCUT2D eigenvalue weighted by Crippen LogP contribution is -2.09. The minimum atomic E-state index is -0.147. The number of halogens is 1. The van der Waals surface area contributed by atoms with Crippen molar-refractivity contribution in [2.75, 3.05) is 6.61 Å². The van der Waals surface area contributed by atoms with Crippen LogP contribution in [0.5, 0.6) is 0 Å². The molecule has 0 aliphatic carbocycles. The minimum Gasteiger partial charge on any atom is -0.466 e. The fraction of sp³-hybridized carbons (Fsp3) is 0.357. The zero-order valence-corrected chi connectivity index (χ0v) is 12.2. The molecule has 0 aliphatic rings. The van der Waals surface area contributed by atoms with E-state index in [2.05, 4.69) is 39.6 Å². The van der Waals surface area contributed by atoms with Crippen molar-refractivity contribution in [3.63, 3.8) is 0 Å². The normalized spacial score (nSPS) is 10.8. The van der Waals surface area contributed by atoms with E-state index in [0.29, 0.717) is 19.6 Å². The molecule has 3 nitrogen and oxygen atoms in total. The summed E-state index contributed by atoms with van der Waals surface area (Å²) in [6, 6.07) is 8.17. The Hall–Kier alpha value is -1.29. The molecule has 2 rings (SSSR count). The molecule has 0 amide bonds. The lowest BCUT2D eigenvalue weighted by molar-refractivity contribution is -0.143. The van der Waals surface area contributed by atoms with E-state index >= 15 is 0 Å². The van der Waals surface area contributed by atoms with E-state index in [9.17, 15) is 4.79 Å². The first-order chi connectivity index (χ1) is 8.65. The van der Waals surface area contributed by atoms with E-state index in [-0.39, 0.29) is 5.97 Å². The molecular weight excluding hydrogens is 294 g/mol. The van der Waals surface area contributed by atoms with Crippen molar-refractivity contribution >= 4 is 32.8 Å². The summed E-state index contributed by atoms with van der Waals surface area (Å²) in [5.41, 5.74) is 2.28. The van der Waals surface area contributed by atoms with Crippen molar-refractivity contribution in [3.8, 4) is 0 Å². The van der Waals surface area contributed by atoms with Gasteiger partial charge in [-0.1, -0.05) is 18.2 Å². The van der Waals surface area contributed by atoms with Gasteiger partial charge in [-0.15, -0.1) is 0 Å². The Labute approximate surface area is 115 Å². The largest absolute Gasteiger partial charge is 0.466 e. The van der Waals surface area contributed by atoms with Gasteiger partial charge in [-0.2, -0.15) is 0 Å². The number of carbonyl (C=O) groups is 1. The van der Waals surface area contributed by atoms with Gasteiger partial charge >= 0.3 is 5.97 Å². The van der Waals surface area contributed by atoms with E-state index < -0.39 is 0 Å². The lowest BCUT2D eigenvalue weighted by Gasteiger charge is -2.07. The molecule has 0 saturated heterocycles. The quantitative estimate of drug-likeness (QED) is 0.807. The highest BCUT2D eigenvalue weighted by atomic mass is 79.9. The summed E-state index contributed by atoms with van der Waals surface area (Å²) in [4.78, 5) is 11.4. The summed E-state index contributed by atoms with van der Waals surface area (Å²) in [6.07, 6.45) is 0.403. The summed E-state index contributed by atoms with van der Waals surface area (Å²) in [5, 5.41) is 1.18. The molecule has 0 saturated carbocycles. The number of hydrogen-bond donors (Lipinski definition) is 0. The Balaban J connectivity index is 2.28. The van der Waals surface area contributed by atoms with Crippen LogP contribution in [-0.2, 0) is 16.1 Å². The lowest BCUT2D eigenvalue weighted by atomic mass is 10.2. The molecule has 0 unspecified atom stereocenters. The molecule has 0 N–H and O–H groups in total. The highest BCUT2D eigenvalue weighted by Crippen LogP contribution is 2.30. The van der Waals surface area contributed by atoms with Gasteiger partial charge in [0.25, 0.3) is 0 Å². The molecule has 0 atom stereocenters. The van der Waals surface area contributed by atoms with E-state index in [1.165, 1.54) is 5.39 Å². The van der Waals surface area contributed by atoms with Crippen LogP contribution in [0.1, 0.15) is 19.0 Å². The third kappa shape index (κ3) is 2.43. The van der Waals surface area contributed by atoms with Crippen LogP contribution in [-0.4, -0.2) is 17.1 Å². The van der Waals surface area contributed by atoms with E-state index in [0.717, 1.165) is 15.7 Å². The molecule has 4 heteroatoms. The topological polar surface area (TPSA) is 31.2 Å². The van der Waals surface area contributed by atoms with Gasteiger partial charge in [0.05, 0.1) is 13.0 Å². The van der Waals surface area contributed by atoms with Crippen molar-refractivity contribution < 1.29 is 9.53 Å². The second-order valence-electron chi connectivity index (χ2n) is 4.12. The zero-order chi connectivity index (χ0) is 13.1. The highest BCUT2D eigenvalue weighted by Gasteiger charge is 2.12. The standard InChI is InChI=1S/C14H16BrNO2/c1-3-18-13(17)8-9-16-10(2)14(15)11-6-4-5-7-12(11)16/h4-7H,3,8-9H2,1-2H3. The number of carbonyl (C=O) groups excluding carboxylic acids is 1. The molecular formula is C14H16BrNO2. The number of aromatic nitrogens is 1. The Bertz CT molecular complexity index is 574. The number of ether oxygens (including phenoxy) is 1. The maximum atomic E-state index is 11.4. The van der Waals surface area contributed by atoms with Crippen molar-refractivity contribution in [1.29, 1.82) is 0 Å². The molecule has 1 aromatic carbocycles. The number of esters is 1. The molecule has 1 heterocycles. The number of fused-ring (bicyclic) bond motifs is 1. The van der Waals surface area contributed by atoms with Gasteiger partial charge in [-0.3, -0.25) is 4.79 Å². The second-order valence-corrected chi connectivity index (χ2v) is 4.92. The Morgan fingerprint density at radius 2 is 2.11 bits per heavy atom. The van der Waals surface area contributed by atoms with Crippen LogP contribution in [0.15, 0.2) is 28.7 Å². The summed E-state index contributed by atoms with van der Waals surface area (Å²) in [5.74, 6) is -0.147. The van der Waals surface area contributed by atoms with Gasteiger partial charge < -0.3 is 9.30 Å². The predicted octanol–water partition coefficient (Wildman–Crippen LogP) is 3.67. The number of aryl methyl sites for hydroxylation is 1. The Morgan fingerprint density at radius 3 is 2.83 bits per heavy atom. The van der Waals surface area contributed by atoms with Gasteiger partial charge in [0, 0.05) is 27.6 Å². The molecule has 18 heavy (non-hydrogen) atoms. The average Bonchev–Trinajstić information content (AvgIpc) is 2.61. The van der Waals surface area contributed by atoms with E-state index in [1.54, 1.807) is 0 Å². The average molecular weight is 310 g/mol. The van der Waals surface area contributed by atoms with Gasteiger partial charge in [0.2, 0.25) is 0 Å². The molecule has 0 spiro atoms. The van der Waals surface area contributed by atoms with E-state index in [4.69, 9.17) is 4.74 Å². The minimum absolute atomic E-state index is 0.147. The van der Waals surface area contributed by atoms with Crippen LogP contribution in [0.3, 0.4) is 0 Å². The van der Waals surface area contributed by atoms with E-state index in [1.807, 2.05) is 19.1 Å². The first-order valence-corrected chi connectivity index (χ1v) is 6.83. The van der Waals surface area contributed by atoms with Crippen molar-refractivity contribution in [2.45, 2.75) is 26.8 Å². The first-order valence-electron chi connectivity index (χ1n) is 6.04. The molecule has 1 aromatic heterocycles. The summed E-state index contributed by atoms with van der Waals surface area (Å²) in [6.45, 7) is 4.96. The van der Waals surface area contributed by atoms with Crippen LogP contribution in [0.2, 0.25) is 0 Å². The van der Waals surface area contributed by atoms with Crippen molar-refractivity contribution in [1.82, 2.24) is 4.57 Å². The number of benzene rings is 1. The van der Waals surface area contributed by atoms with Crippen LogP contribution < -0.4 is 0 Å². The SMILES string of the molecule is CCOC(=O)CCn1c(C)c(Br)c2ccccc21. The molecule has 2 aromatic rings. The molecule has 0 radical (unpaired) electrons. The Kier molecular flexibility index (Phi) is 4.07. The van der Waals surface area contributed by atoms with Crippen LogP contribution in [0.4, 0.5) is 0 Å². The third-order valence-corrected chi connectivity index (χ3v) is 4.00. The Morgan fingerprint density at radius 1 is 1.39 bits per heavy atom. The molecule has 96 valence electrons. The summed E-state index contributed by atoms with van der Waals surface area (Å²) in [7, 11) is 0. The van der Waals surface area contributed by atoms with Gasteiger partial charge in [-0.25, -0.2) is 0 Å². The van der Waals surface area contributed by atoms with Crippen molar-refractivity contribution in [2.24, 2.45) is 0 Å². The van der Waals surface area contributed by atoms with Gasteiger partial charge in [0.1, 0.15) is 0 Å². The molecule has 0 fully saturated rings. The summed E-state index contributed by atoms with van der Waals surface area (Å²) >= 11 is 3.60. The third-order valence-electron chi connectivity index (χ3n) is 3.00.